The Hall–Kier alpha value is -2.39. The van der Waals surface area contributed by atoms with Gasteiger partial charge in [-0.25, -0.2) is 8.42 Å². The summed E-state index contributed by atoms with van der Waals surface area (Å²) in [5, 5.41) is 2.79. The van der Waals surface area contributed by atoms with Gasteiger partial charge in [-0.3, -0.25) is 9.52 Å². The van der Waals surface area contributed by atoms with Crippen molar-refractivity contribution < 1.29 is 13.2 Å². The first-order valence-electron chi connectivity index (χ1n) is 8.93. The Labute approximate surface area is 184 Å². The second-order valence-corrected chi connectivity index (χ2v) is 9.76. The molecule has 0 fully saturated rings. The largest absolute Gasteiger partial charge is 0.322 e. The molecule has 3 aromatic rings. The topological polar surface area (TPSA) is 75.3 Å². The lowest BCUT2D eigenvalue weighted by Gasteiger charge is -2.14. The molecule has 2 N–H and O–H groups in total. The number of anilines is 2. The first-order chi connectivity index (χ1) is 13.7. The predicted molar refractivity (Wildman–Crippen MR) is 125 cm³/mol. The zero-order valence-electron chi connectivity index (χ0n) is 16.3. The van der Waals surface area contributed by atoms with Gasteiger partial charge in [-0.2, -0.15) is 0 Å². The number of hydrogen-bond acceptors (Lipinski definition) is 3. The molecule has 29 heavy (non-hydrogen) atoms. The number of carbonyl (C=O) groups excluding carboxylic acids is 1. The number of sulfonamides is 1. The zero-order valence-corrected chi connectivity index (χ0v) is 19.3. The molecule has 0 spiro atoms. The molecule has 0 unspecified atom stereocenters. The molecule has 3 aromatic carbocycles. The van der Waals surface area contributed by atoms with Gasteiger partial charge >= 0.3 is 0 Å². The van der Waals surface area contributed by atoms with E-state index in [1.807, 2.05) is 38.1 Å². The first kappa shape index (κ1) is 21.3. The second kappa shape index (κ2) is 8.54. The maximum Gasteiger partial charge on any atom is 0.262 e. The smallest absolute Gasteiger partial charge is 0.262 e. The van der Waals surface area contributed by atoms with Crippen LogP contribution in [-0.4, -0.2) is 14.3 Å². The summed E-state index contributed by atoms with van der Waals surface area (Å²) < 4.78 is 29.7. The van der Waals surface area contributed by atoms with E-state index in [-0.39, 0.29) is 16.4 Å². The molecule has 0 aliphatic carbocycles. The fraction of sp³-hybridized carbons (Fsp3) is 0.136. The molecule has 3 rings (SSSR count). The summed E-state index contributed by atoms with van der Waals surface area (Å²) in [6.07, 6.45) is 0. The third-order valence-electron chi connectivity index (χ3n) is 4.48. The highest BCUT2D eigenvalue weighted by molar-refractivity contribution is 14.1. The van der Waals surface area contributed by atoms with Gasteiger partial charge < -0.3 is 5.32 Å². The Morgan fingerprint density at radius 2 is 1.52 bits per heavy atom. The molecule has 0 aliphatic heterocycles. The molecule has 150 valence electrons. The van der Waals surface area contributed by atoms with Gasteiger partial charge in [0.05, 0.1) is 10.6 Å². The number of hydrogen-bond donors (Lipinski definition) is 2. The Morgan fingerprint density at radius 1 is 0.862 bits per heavy atom. The van der Waals surface area contributed by atoms with E-state index in [0.717, 1.165) is 14.7 Å². The maximum atomic E-state index is 13.0. The van der Waals surface area contributed by atoms with E-state index >= 15 is 0 Å². The van der Waals surface area contributed by atoms with Crippen molar-refractivity contribution in [2.45, 2.75) is 25.7 Å². The highest BCUT2D eigenvalue weighted by atomic mass is 127. The molecule has 1 amide bonds. The fourth-order valence-corrected chi connectivity index (χ4v) is 4.57. The van der Waals surface area contributed by atoms with Gasteiger partial charge in [-0.15, -0.1) is 0 Å². The van der Waals surface area contributed by atoms with Gasteiger partial charge in [0.2, 0.25) is 0 Å². The van der Waals surface area contributed by atoms with Crippen LogP contribution in [0.2, 0.25) is 0 Å². The van der Waals surface area contributed by atoms with Crippen LogP contribution in [0.25, 0.3) is 0 Å². The molecule has 0 radical (unpaired) electrons. The number of aryl methyl sites for hydroxylation is 3. The van der Waals surface area contributed by atoms with Crippen molar-refractivity contribution in [1.82, 2.24) is 0 Å². The summed E-state index contributed by atoms with van der Waals surface area (Å²) in [5.74, 6) is -0.366. The van der Waals surface area contributed by atoms with E-state index in [0.29, 0.717) is 16.9 Å². The average Bonchev–Trinajstić information content (AvgIpc) is 2.66. The second-order valence-electron chi connectivity index (χ2n) is 6.87. The molecular weight excluding hydrogens is 499 g/mol. The normalized spacial score (nSPS) is 11.2. The molecule has 0 bridgehead atoms. The quantitative estimate of drug-likeness (QED) is 0.451. The molecule has 0 aliphatic rings. The van der Waals surface area contributed by atoms with Crippen LogP contribution in [0, 0.1) is 24.3 Å². The van der Waals surface area contributed by atoms with Crippen molar-refractivity contribution in [2.24, 2.45) is 0 Å². The highest BCUT2D eigenvalue weighted by Crippen LogP contribution is 2.24. The summed E-state index contributed by atoms with van der Waals surface area (Å²) in [6, 6.07) is 17.6. The lowest BCUT2D eigenvalue weighted by Crippen LogP contribution is -2.17. The van der Waals surface area contributed by atoms with E-state index in [1.165, 1.54) is 6.07 Å². The highest BCUT2D eigenvalue weighted by Gasteiger charge is 2.20. The summed E-state index contributed by atoms with van der Waals surface area (Å²) in [4.78, 5) is 12.7. The van der Waals surface area contributed by atoms with E-state index in [4.69, 9.17) is 0 Å². The minimum absolute atomic E-state index is 0.0775. The van der Waals surface area contributed by atoms with Crippen molar-refractivity contribution in [3.63, 3.8) is 0 Å². The van der Waals surface area contributed by atoms with Crippen LogP contribution in [0.5, 0.6) is 0 Å². The van der Waals surface area contributed by atoms with E-state index in [9.17, 15) is 13.2 Å². The van der Waals surface area contributed by atoms with Crippen LogP contribution in [0.15, 0.2) is 65.6 Å². The van der Waals surface area contributed by atoms with Gasteiger partial charge in [0, 0.05) is 14.8 Å². The lowest BCUT2D eigenvalue weighted by molar-refractivity contribution is 0.102. The number of rotatable bonds is 5. The molecule has 7 heteroatoms. The van der Waals surface area contributed by atoms with Crippen molar-refractivity contribution in [2.75, 3.05) is 10.0 Å². The van der Waals surface area contributed by atoms with E-state index in [2.05, 4.69) is 32.6 Å². The molecule has 5 nitrogen and oxygen atoms in total. The summed E-state index contributed by atoms with van der Waals surface area (Å²) >= 11 is 2.19. The zero-order chi connectivity index (χ0) is 21.2. The Morgan fingerprint density at radius 3 is 2.21 bits per heavy atom. The van der Waals surface area contributed by atoms with Crippen LogP contribution in [0.1, 0.15) is 27.0 Å². The minimum Gasteiger partial charge on any atom is -0.322 e. The molecule has 0 aromatic heterocycles. The lowest BCUT2D eigenvalue weighted by atomic mass is 10.1. The number of carbonyl (C=O) groups is 1. The number of benzene rings is 3. The average molecular weight is 520 g/mol. The molecule has 0 atom stereocenters. The third kappa shape index (κ3) is 5.16. The number of amides is 1. The van der Waals surface area contributed by atoms with Crippen LogP contribution in [-0.2, 0) is 10.0 Å². The van der Waals surface area contributed by atoms with Crippen molar-refractivity contribution in [3.8, 4) is 0 Å². The van der Waals surface area contributed by atoms with Gasteiger partial charge in [0.15, 0.2) is 0 Å². The van der Waals surface area contributed by atoms with Crippen molar-refractivity contribution >= 4 is 49.9 Å². The van der Waals surface area contributed by atoms with Crippen LogP contribution < -0.4 is 10.0 Å². The molecule has 0 saturated carbocycles. The van der Waals surface area contributed by atoms with Crippen LogP contribution in [0.3, 0.4) is 0 Å². The van der Waals surface area contributed by atoms with Gasteiger partial charge in [-0.1, -0.05) is 18.2 Å². The number of nitrogens with one attached hydrogen (secondary N) is 2. The summed E-state index contributed by atoms with van der Waals surface area (Å²) in [5.41, 5.74) is 3.79. The van der Waals surface area contributed by atoms with E-state index < -0.39 is 10.0 Å². The van der Waals surface area contributed by atoms with Gasteiger partial charge in [0.1, 0.15) is 0 Å². The maximum absolute atomic E-state index is 13.0. The Bertz CT molecular complexity index is 1170. The summed E-state index contributed by atoms with van der Waals surface area (Å²) in [7, 11) is -3.85. The van der Waals surface area contributed by atoms with Crippen molar-refractivity contribution in [3.05, 3.63) is 86.5 Å². The molecular formula is C22H21IN2O3S. The Balaban J connectivity index is 1.90. The molecule has 0 saturated heterocycles. The SMILES string of the molecule is Cc1ccc(C)c(NS(=O)(=O)c2cc(C(=O)Nc3ccc(I)cc3)ccc2C)c1. The van der Waals surface area contributed by atoms with E-state index in [1.54, 1.807) is 37.3 Å². The fourth-order valence-electron chi connectivity index (χ4n) is 2.81. The van der Waals surface area contributed by atoms with Crippen LogP contribution >= 0.6 is 22.6 Å². The number of halogens is 1. The standard InChI is InChI=1S/C22H21IN2O3S/c1-14-4-5-15(2)20(12-14)25-29(27,28)21-13-17(7-6-16(21)3)22(26)24-19-10-8-18(23)9-11-19/h4-13,25H,1-3H3,(H,24,26). The molecule has 0 heterocycles. The van der Waals surface area contributed by atoms with Crippen LogP contribution in [0.4, 0.5) is 11.4 Å². The van der Waals surface area contributed by atoms with Gasteiger partial charge in [0.25, 0.3) is 15.9 Å². The van der Waals surface area contributed by atoms with Crippen molar-refractivity contribution in [1.29, 1.82) is 0 Å². The van der Waals surface area contributed by atoms with Gasteiger partial charge in [-0.05, 0) is 103 Å². The first-order valence-corrected chi connectivity index (χ1v) is 11.5. The third-order valence-corrected chi connectivity index (χ3v) is 6.71. The monoisotopic (exact) mass is 520 g/mol. The predicted octanol–water partition coefficient (Wildman–Crippen LogP) is 5.27. The summed E-state index contributed by atoms with van der Waals surface area (Å²) in [6.45, 7) is 5.45. The Kier molecular flexibility index (Phi) is 6.28. The minimum atomic E-state index is -3.85.